The molecule has 1 aromatic carbocycles. The summed E-state index contributed by atoms with van der Waals surface area (Å²) in [4.78, 5) is 0. The van der Waals surface area contributed by atoms with Gasteiger partial charge in [0.1, 0.15) is 0 Å². The third-order valence-electron chi connectivity index (χ3n) is 4.25. The largest absolute Gasteiger partial charge is 0.318 e. The van der Waals surface area contributed by atoms with Gasteiger partial charge in [-0.2, -0.15) is 0 Å². The van der Waals surface area contributed by atoms with E-state index in [-0.39, 0.29) is 5.41 Å². The molecule has 0 atom stereocenters. The van der Waals surface area contributed by atoms with Gasteiger partial charge < -0.3 is 10.6 Å². The van der Waals surface area contributed by atoms with E-state index in [2.05, 4.69) is 42.7 Å². The molecule has 0 bridgehead atoms. The van der Waals surface area contributed by atoms with Crippen LogP contribution in [0.1, 0.15) is 43.4 Å². The van der Waals surface area contributed by atoms with Crippen molar-refractivity contribution in [3.05, 3.63) is 34.9 Å². The van der Waals surface area contributed by atoms with Crippen molar-refractivity contribution in [2.24, 2.45) is 0 Å². The monoisotopic (exact) mass is 260 g/mol. The molecule has 106 valence electrons. The second-order valence-corrected chi connectivity index (χ2v) is 6.35. The van der Waals surface area contributed by atoms with Crippen LogP contribution in [0.3, 0.4) is 0 Å². The van der Waals surface area contributed by atoms with Gasteiger partial charge in [-0.05, 0) is 49.4 Å². The van der Waals surface area contributed by atoms with Crippen LogP contribution in [0.4, 0.5) is 0 Å². The summed E-state index contributed by atoms with van der Waals surface area (Å²) >= 11 is 0. The van der Waals surface area contributed by atoms with Gasteiger partial charge in [0.25, 0.3) is 0 Å². The van der Waals surface area contributed by atoms with Gasteiger partial charge in [0.2, 0.25) is 0 Å². The standard InChI is InChI=1S/C17H28N2/c1-17(2,13-19-11-10-18-3)16-9-8-14-6-4-5-7-15(14)12-16/h8-9,12,18-19H,4-7,10-11,13H2,1-3H3. The highest BCUT2D eigenvalue weighted by Gasteiger charge is 2.21. The van der Waals surface area contributed by atoms with E-state index in [0.29, 0.717) is 0 Å². The Morgan fingerprint density at radius 3 is 2.53 bits per heavy atom. The van der Waals surface area contributed by atoms with E-state index in [4.69, 9.17) is 0 Å². The predicted molar refractivity (Wildman–Crippen MR) is 82.9 cm³/mol. The van der Waals surface area contributed by atoms with Crippen molar-refractivity contribution in [1.82, 2.24) is 10.6 Å². The summed E-state index contributed by atoms with van der Waals surface area (Å²) in [6.07, 6.45) is 5.27. The first-order chi connectivity index (χ1) is 9.13. The normalized spacial score (nSPS) is 15.3. The number of benzene rings is 1. The molecule has 2 N–H and O–H groups in total. The minimum absolute atomic E-state index is 0.209. The number of hydrogen-bond acceptors (Lipinski definition) is 2. The van der Waals surface area contributed by atoms with Crippen molar-refractivity contribution in [3.63, 3.8) is 0 Å². The fourth-order valence-electron chi connectivity index (χ4n) is 2.87. The molecule has 0 saturated carbocycles. The Morgan fingerprint density at radius 1 is 1.05 bits per heavy atom. The molecule has 1 aliphatic carbocycles. The molecule has 2 heteroatoms. The van der Waals surface area contributed by atoms with Gasteiger partial charge in [-0.3, -0.25) is 0 Å². The maximum Gasteiger partial charge on any atom is 0.00769 e. The van der Waals surface area contributed by atoms with E-state index in [1.165, 1.54) is 31.2 Å². The average Bonchev–Trinajstić information content (AvgIpc) is 2.43. The molecule has 0 unspecified atom stereocenters. The molecule has 0 saturated heterocycles. The molecule has 0 spiro atoms. The lowest BCUT2D eigenvalue weighted by atomic mass is 9.81. The second kappa shape index (κ2) is 6.53. The highest BCUT2D eigenvalue weighted by molar-refractivity contribution is 5.37. The molecule has 0 heterocycles. The lowest BCUT2D eigenvalue weighted by Crippen LogP contribution is -2.36. The third kappa shape index (κ3) is 3.80. The van der Waals surface area contributed by atoms with Crippen LogP contribution < -0.4 is 10.6 Å². The molecule has 2 nitrogen and oxygen atoms in total. The summed E-state index contributed by atoms with van der Waals surface area (Å²) in [7, 11) is 2.00. The van der Waals surface area contributed by atoms with Crippen LogP contribution in [0.5, 0.6) is 0 Å². The van der Waals surface area contributed by atoms with Crippen LogP contribution in [-0.2, 0) is 18.3 Å². The van der Waals surface area contributed by atoms with E-state index >= 15 is 0 Å². The van der Waals surface area contributed by atoms with E-state index in [9.17, 15) is 0 Å². The van der Waals surface area contributed by atoms with Crippen LogP contribution in [0, 0.1) is 0 Å². The molecule has 0 radical (unpaired) electrons. The lowest BCUT2D eigenvalue weighted by molar-refractivity contribution is 0.467. The Labute approximate surface area is 118 Å². The highest BCUT2D eigenvalue weighted by atomic mass is 14.9. The number of aryl methyl sites for hydroxylation is 2. The minimum Gasteiger partial charge on any atom is -0.318 e. The van der Waals surface area contributed by atoms with E-state index in [1.54, 1.807) is 11.1 Å². The number of rotatable bonds is 6. The number of hydrogen-bond donors (Lipinski definition) is 2. The number of nitrogens with one attached hydrogen (secondary N) is 2. The average molecular weight is 260 g/mol. The van der Waals surface area contributed by atoms with Crippen LogP contribution >= 0.6 is 0 Å². The SMILES string of the molecule is CNCCNCC(C)(C)c1ccc2c(c1)CCCC2. The Morgan fingerprint density at radius 2 is 1.79 bits per heavy atom. The first-order valence-corrected chi connectivity index (χ1v) is 7.61. The fourth-order valence-corrected chi connectivity index (χ4v) is 2.87. The van der Waals surface area contributed by atoms with Crippen molar-refractivity contribution in [2.45, 2.75) is 44.9 Å². The van der Waals surface area contributed by atoms with Crippen LogP contribution in [-0.4, -0.2) is 26.7 Å². The van der Waals surface area contributed by atoms with Gasteiger partial charge in [0, 0.05) is 25.0 Å². The Balaban J connectivity index is 2.03. The first-order valence-electron chi connectivity index (χ1n) is 7.61. The molecular weight excluding hydrogens is 232 g/mol. The number of fused-ring (bicyclic) bond motifs is 1. The first kappa shape index (κ1) is 14.5. The zero-order valence-electron chi connectivity index (χ0n) is 12.7. The Hall–Kier alpha value is -0.860. The van der Waals surface area contributed by atoms with E-state index < -0.39 is 0 Å². The molecule has 0 aliphatic heterocycles. The zero-order chi connectivity index (χ0) is 13.7. The zero-order valence-corrected chi connectivity index (χ0v) is 12.7. The van der Waals surface area contributed by atoms with Crippen molar-refractivity contribution < 1.29 is 0 Å². The van der Waals surface area contributed by atoms with Crippen molar-refractivity contribution in [2.75, 3.05) is 26.7 Å². The maximum atomic E-state index is 3.54. The summed E-state index contributed by atoms with van der Waals surface area (Å²) in [5.74, 6) is 0. The quantitative estimate of drug-likeness (QED) is 0.768. The van der Waals surface area contributed by atoms with Crippen LogP contribution in [0.2, 0.25) is 0 Å². The highest BCUT2D eigenvalue weighted by Crippen LogP contribution is 2.28. The fraction of sp³-hybridized carbons (Fsp3) is 0.647. The van der Waals surface area contributed by atoms with Gasteiger partial charge in [0.15, 0.2) is 0 Å². The Bertz CT molecular complexity index is 410. The van der Waals surface area contributed by atoms with Crippen molar-refractivity contribution in [1.29, 1.82) is 0 Å². The number of likely N-dealkylation sites (N-methyl/N-ethyl adjacent to an activating group) is 1. The van der Waals surface area contributed by atoms with Crippen molar-refractivity contribution >= 4 is 0 Å². The maximum absolute atomic E-state index is 3.54. The molecule has 2 rings (SSSR count). The van der Waals surface area contributed by atoms with Gasteiger partial charge in [-0.1, -0.05) is 32.0 Å². The molecular formula is C17H28N2. The molecule has 19 heavy (non-hydrogen) atoms. The van der Waals surface area contributed by atoms with Crippen LogP contribution in [0.15, 0.2) is 18.2 Å². The van der Waals surface area contributed by atoms with E-state index in [0.717, 1.165) is 19.6 Å². The third-order valence-corrected chi connectivity index (χ3v) is 4.25. The predicted octanol–water partition coefficient (Wildman–Crippen LogP) is 2.65. The summed E-state index contributed by atoms with van der Waals surface area (Å²) in [6.45, 7) is 7.77. The van der Waals surface area contributed by atoms with Crippen LogP contribution in [0.25, 0.3) is 0 Å². The van der Waals surface area contributed by atoms with Gasteiger partial charge in [0.05, 0.1) is 0 Å². The summed E-state index contributed by atoms with van der Waals surface area (Å²) in [5.41, 5.74) is 4.85. The molecule has 0 aromatic heterocycles. The van der Waals surface area contributed by atoms with Gasteiger partial charge in [-0.25, -0.2) is 0 Å². The van der Waals surface area contributed by atoms with Crippen molar-refractivity contribution in [3.8, 4) is 0 Å². The molecule has 1 aliphatic rings. The molecule has 1 aromatic rings. The van der Waals surface area contributed by atoms with Gasteiger partial charge >= 0.3 is 0 Å². The summed E-state index contributed by atoms with van der Waals surface area (Å²) in [5, 5.41) is 6.71. The topological polar surface area (TPSA) is 24.1 Å². The summed E-state index contributed by atoms with van der Waals surface area (Å²) < 4.78 is 0. The Kier molecular flexibility index (Phi) is 5.00. The summed E-state index contributed by atoms with van der Waals surface area (Å²) in [6, 6.07) is 7.15. The van der Waals surface area contributed by atoms with E-state index in [1.807, 2.05) is 7.05 Å². The lowest BCUT2D eigenvalue weighted by Gasteiger charge is -2.28. The minimum atomic E-state index is 0.209. The molecule has 0 amide bonds. The smallest absolute Gasteiger partial charge is 0.00769 e. The second-order valence-electron chi connectivity index (χ2n) is 6.35. The molecule has 0 fully saturated rings. The van der Waals surface area contributed by atoms with Gasteiger partial charge in [-0.15, -0.1) is 0 Å².